The highest BCUT2D eigenvalue weighted by Gasteiger charge is 2.47. The molecule has 1 unspecified atom stereocenters. The van der Waals surface area contributed by atoms with E-state index in [-0.39, 0.29) is 5.41 Å². The van der Waals surface area contributed by atoms with E-state index in [1.165, 1.54) is 92.5 Å². The van der Waals surface area contributed by atoms with Crippen molar-refractivity contribution in [3.05, 3.63) is 282 Å². The Morgan fingerprint density at radius 2 is 0.908 bits per heavy atom. The fourth-order valence-corrected chi connectivity index (χ4v) is 12.7. The summed E-state index contributed by atoms with van der Waals surface area (Å²) in [5.41, 5.74) is 19.1. The fraction of sp³-hybridized carbons (Fsp3) is 0.0476. The Bertz CT molecular complexity index is 3570. The largest absolute Gasteiger partial charge is 0.310 e. The first kappa shape index (κ1) is 37.7. The molecule has 0 saturated carbocycles. The minimum atomic E-state index is -0.520. The zero-order chi connectivity index (χ0) is 43.1. The second-order valence-electron chi connectivity index (χ2n) is 17.7. The molecule has 1 aromatic heterocycles. The molecular weight excluding hydrogens is 803 g/mol. The van der Waals surface area contributed by atoms with Gasteiger partial charge in [0.25, 0.3) is 0 Å². The van der Waals surface area contributed by atoms with Gasteiger partial charge in [0, 0.05) is 42.5 Å². The molecule has 0 fully saturated rings. The van der Waals surface area contributed by atoms with Crippen LogP contribution in [0, 0.1) is 0 Å². The van der Waals surface area contributed by atoms with Crippen molar-refractivity contribution in [1.82, 2.24) is 0 Å². The third-order valence-electron chi connectivity index (χ3n) is 14.4. The third kappa shape index (κ3) is 5.45. The number of hydrogen-bond acceptors (Lipinski definition) is 2. The summed E-state index contributed by atoms with van der Waals surface area (Å²) in [5, 5.41) is 2.64. The van der Waals surface area contributed by atoms with Gasteiger partial charge in [0.2, 0.25) is 0 Å². The molecule has 0 saturated heterocycles. The summed E-state index contributed by atoms with van der Waals surface area (Å²) < 4.78 is 2.63. The van der Waals surface area contributed by atoms with E-state index in [4.69, 9.17) is 0 Å². The number of hydrogen-bond donors (Lipinski definition) is 0. The van der Waals surface area contributed by atoms with Crippen molar-refractivity contribution >= 4 is 48.6 Å². The van der Waals surface area contributed by atoms with Crippen molar-refractivity contribution in [2.75, 3.05) is 4.90 Å². The predicted octanol–water partition coefficient (Wildman–Crippen LogP) is 16.9. The maximum absolute atomic E-state index is 2.53. The fourth-order valence-electron chi connectivity index (χ4n) is 11.6. The second-order valence-corrected chi connectivity index (χ2v) is 18.7. The van der Waals surface area contributed by atoms with Crippen molar-refractivity contribution in [2.45, 2.75) is 17.8 Å². The van der Waals surface area contributed by atoms with E-state index >= 15 is 0 Å². The number of rotatable bonds is 7. The van der Waals surface area contributed by atoms with Crippen LogP contribution in [0.5, 0.6) is 0 Å². The van der Waals surface area contributed by atoms with Gasteiger partial charge in [0.05, 0.1) is 11.1 Å². The number of benzene rings is 10. The zero-order valence-electron chi connectivity index (χ0n) is 35.9. The van der Waals surface area contributed by atoms with Gasteiger partial charge in [-0.15, -0.1) is 11.3 Å². The lowest BCUT2D eigenvalue weighted by Crippen LogP contribution is -2.28. The van der Waals surface area contributed by atoms with E-state index in [1.807, 2.05) is 11.3 Å². The van der Waals surface area contributed by atoms with Gasteiger partial charge >= 0.3 is 0 Å². The Hall–Kier alpha value is -7.78. The minimum Gasteiger partial charge on any atom is -0.310 e. The molecule has 306 valence electrons. The predicted molar refractivity (Wildman–Crippen MR) is 274 cm³/mol. The second kappa shape index (κ2) is 14.6. The Kier molecular flexibility index (Phi) is 8.50. The van der Waals surface area contributed by atoms with Crippen molar-refractivity contribution in [1.29, 1.82) is 0 Å². The molecule has 0 bridgehead atoms. The van der Waals surface area contributed by atoms with Crippen LogP contribution in [0.1, 0.15) is 45.9 Å². The van der Waals surface area contributed by atoms with Crippen molar-refractivity contribution < 1.29 is 0 Å². The Morgan fingerprint density at radius 1 is 0.369 bits per heavy atom. The molecule has 11 aromatic rings. The monoisotopic (exact) mass is 845 g/mol. The van der Waals surface area contributed by atoms with Crippen LogP contribution in [0.2, 0.25) is 0 Å². The molecule has 2 heteroatoms. The summed E-state index contributed by atoms with van der Waals surface area (Å²) in [6, 6.07) is 90.4. The number of anilines is 3. The van der Waals surface area contributed by atoms with Gasteiger partial charge in [-0.2, -0.15) is 0 Å². The van der Waals surface area contributed by atoms with Crippen LogP contribution >= 0.6 is 11.3 Å². The van der Waals surface area contributed by atoms with Crippen LogP contribution in [-0.2, 0) is 10.8 Å². The lowest BCUT2D eigenvalue weighted by atomic mass is 9.68. The Morgan fingerprint density at radius 3 is 1.65 bits per heavy atom. The number of thiophene rings is 1. The van der Waals surface area contributed by atoms with Gasteiger partial charge in [-0.3, -0.25) is 0 Å². The number of fused-ring (bicyclic) bond motifs is 9. The third-order valence-corrected chi connectivity index (χ3v) is 15.6. The lowest BCUT2D eigenvalue weighted by molar-refractivity contribution is 0.714. The van der Waals surface area contributed by atoms with E-state index in [9.17, 15) is 0 Å². The molecule has 13 rings (SSSR count). The highest BCUT2D eigenvalue weighted by molar-refractivity contribution is 7.25. The molecule has 0 aliphatic heterocycles. The van der Waals surface area contributed by atoms with E-state index in [1.54, 1.807) is 0 Å². The maximum Gasteiger partial charge on any atom is 0.0714 e. The standard InChI is InChI=1S/C63H43NS/c1-62(43-19-5-2-6-20-43)53-29-14-11-25-49(53)50-40-39-47(41-56(50)62)64(46-37-35-42(36-38-46)48-28-17-34-59-60(48)52-27-13-16-33-58(52)65-59)57-32-18-31-55-61(57)51-26-12-15-30-54(51)63(55,44-21-7-3-8-22-44)45-23-9-4-10-24-45/h2-41H,1H3. The molecule has 10 aromatic carbocycles. The van der Waals surface area contributed by atoms with Gasteiger partial charge in [0.15, 0.2) is 0 Å². The van der Waals surface area contributed by atoms with Crippen LogP contribution in [0.4, 0.5) is 17.1 Å². The van der Waals surface area contributed by atoms with E-state index < -0.39 is 5.41 Å². The van der Waals surface area contributed by atoms with Gasteiger partial charge < -0.3 is 4.90 Å². The van der Waals surface area contributed by atoms with Crippen LogP contribution in [-0.4, -0.2) is 0 Å². The Balaban J connectivity index is 1.07. The SMILES string of the molecule is CC1(c2ccccc2)c2ccccc2-c2ccc(N(c3ccc(-c4cccc5sc6ccccc6c45)cc3)c3cccc4c3-c3ccccc3C4(c3ccccc3)c3ccccc3)cc21. The molecule has 0 spiro atoms. The molecule has 0 amide bonds. The van der Waals surface area contributed by atoms with Gasteiger partial charge in [-0.25, -0.2) is 0 Å². The molecule has 65 heavy (non-hydrogen) atoms. The van der Waals surface area contributed by atoms with Gasteiger partial charge in [0.1, 0.15) is 0 Å². The summed E-state index contributed by atoms with van der Waals surface area (Å²) >= 11 is 1.87. The van der Waals surface area contributed by atoms with Crippen LogP contribution in [0.3, 0.4) is 0 Å². The molecule has 0 radical (unpaired) electrons. The summed E-state index contributed by atoms with van der Waals surface area (Å²) in [5.74, 6) is 0. The minimum absolute atomic E-state index is 0.346. The smallest absolute Gasteiger partial charge is 0.0714 e. The maximum atomic E-state index is 2.53. The number of nitrogens with zero attached hydrogens (tertiary/aromatic N) is 1. The normalized spacial score (nSPS) is 15.3. The highest BCUT2D eigenvalue weighted by Crippen LogP contribution is 2.60. The van der Waals surface area contributed by atoms with Gasteiger partial charge in [-0.1, -0.05) is 200 Å². The van der Waals surface area contributed by atoms with Crippen molar-refractivity contribution in [3.63, 3.8) is 0 Å². The van der Waals surface area contributed by atoms with E-state index in [0.29, 0.717) is 0 Å². The first-order valence-corrected chi connectivity index (χ1v) is 23.4. The van der Waals surface area contributed by atoms with Crippen molar-refractivity contribution in [3.8, 4) is 33.4 Å². The first-order chi connectivity index (χ1) is 32.1. The molecule has 2 aliphatic carbocycles. The first-order valence-electron chi connectivity index (χ1n) is 22.6. The Labute approximate surface area is 384 Å². The zero-order valence-corrected chi connectivity index (χ0v) is 36.8. The molecule has 1 atom stereocenters. The highest BCUT2D eigenvalue weighted by atomic mass is 32.1. The molecule has 1 heterocycles. The van der Waals surface area contributed by atoms with Crippen molar-refractivity contribution in [2.24, 2.45) is 0 Å². The van der Waals surface area contributed by atoms with Gasteiger partial charge in [-0.05, 0) is 116 Å². The average molecular weight is 846 g/mol. The molecule has 2 aliphatic rings. The molecular formula is C63H43NS. The van der Waals surface area contributed by atoms with Crippen LogP contribution in [0.15, 0.2) is 243 Å². The van der Waals surface area contributed by atoms with Crippen LogP contribution < -0.4 is 4.90 Å². The molecule has 0 N–H and O–H groups in total. The summed E-state index contributed by atoms with van der Waals surface area (Å²) in [6.07, 6.45) is 0. The quantitative estimate of drug-likeness (QED) is 0.154. The van der Waals surface area contributed by atoms with E-state index in [2.05, 4.69) is 254 Å². The summed E-state index contributed by atoms with van der Waals surface area (Å²) in [7, 11) is 0. The summed E-state index contributed by atoms with van der Waals surface area (Å²) in [4.78, 5) is 2.53. The van der Waals surface area contributed by atoms with E-state index in [0.717, 1.165) is 17.1 Å². The van der Waals surface area contributed by atoms with Crippen LogP contribution in [0.25, 0.3) is 53.6 Å². The topological polar surface area (TPSA) is 3.24 Å². The lowest BCUT2D eigenvalue weighted by Gasteiger charge is -2.34. The molecule has 1 nitrogen and oxygen atoms in total. The summed E-state index contributed by atoms with van der Waals surface area (Å²) in [6.45, 7) is 2.41. The average Bonchev–Trinajstić information content (AvgIpc) is 4.00.